The molecule has 1 amide bonds. The predicted octanol–water partition coefficient (Wildman–Crippen LogP) is 5.06. The average Bonchev–Trinajstić information content (AvgIpc) is 3.32. The van der Waals surface area contributed by atoms with Gasteiger partial charge in [-0.05, 0) is 43.2 Å². The van der Waals surface area contributed by atoms with Gasteiger partial charge in [0.05, 0.1) is 85.5 Å². The van der Waals surface area contributed by atoms with E-state index in [1.807, 2.05) is 9.80 Å². The number of rotatable bonds is 5. The lowest BCUT2D eigenvalue weighted by Crippen LogP contribution is -2.68. The minimum Gasteiger partial charge on any atom is -0.478 e. The third-order valence-electron chi connectivity index (χ3n) is 10.2. The molecule has 8 rings (SSSR count). The Hall–Kier alpha value is -4.48. The molecule has 3 aromatic rings. The fourth-order valence-electron chi connectivity index (χ4n) is 7.52. The number of carboxylic acid groups (broad SMARTS) is 1. The molecular formula is C36H35ClFN5O7. The van der Waals surface area contributed by atoms with Gasteiger partial charge < -0.3 is 38.8 Å². The lowest BCUT2D eigenvalue weighted by Gasteiger charge is -2.54. The highest BCUT2D eigenvalue weighted by atomic mass is 35.5. The second kappa shape index (κ2) is 12.1. The maximum absolute atomic E-state index is 15.7. The van der Waals surface area contributed by atoms with Crippen molar-refractivity contribution in [2.75, 3.05) is 56.0 Å². The van der Waals surface area contributed by atoms with Gasteiger partial charge in [-0.15, -0.1) is 0 Å². The third kappa shape index (κ3) is 5.51. The van der Waals surface area contributed by atoms with Crippen LogP contribution in [0.2, 0.25) is 5.02 Å². The topological polar surface area (TPSA) is 138 Å². The number of nitrogens with zero attached hydrogens (tertiary/aromatic N) is 5. The van der Waals surface area contributed by atoms with Crippen LogP contribution in [0.3, 0.4) is 0 Å². The zero-order valence-electron chi connectivity index (χ0n) is 27.6. The first-order valence-corrected chi connectivity index (χ1v) is 16.9. The first-order chi connectivity index (χ1) is 24.0. The molecule has 1 spiro atoms. The van der Waals surface area contributed by atoms with Crippen LogP contribution < -0.4 is 14.5 Å². The van der Waals surface area contributed by atoms with Crippen LogP contribution in [0.15, 0.2) is 36.5 Å². The molecule has 260 valence electrons. The summed E-state index contributed by atoms with van der Waals surface area (Å²) in [5.41, 5.74) is 1.95. The van der Waals surface area contributed by atoms with Crippen molar-refractivity contribution in [2.24, 2.45) is 5.41 Å². The highest BCUT2D eigenvalue weighted by Gasteiger charge is 2.50. The Morgan fingerprint density at radius 2 is 1.82 bits per heavy atom. The number of amides is 1. The van der Waals surface area contributed by atoms with Crippen molar-refractivity contribution in [3.8, 4) is 23.1 Å². The van der Waals surface area contributed by atoms with E-state index in [0.29, 0.717) is 62.2 Å². The number of hydrogen-bond acceptors (Lipinski definition) is 10. The second-order valence-corrected chi connectivity index (χ2v) is 14.8. The van der Waals surface area contributed by atoms with Gasteiger partial charge in [-0.3, -0.25) is 9.78 Å². The number of fused-ring (bicyclic) bond motifs is 3. The van der Waals surface area contributed by atoms with Crippen molar-refractivity contribution >= 4 is 34.9 Å². The number of carbonyl (C=O) groups is 2. The van der Waals surface area contributed by atoms with Gasteiger partial charge in [-0.1, -0.05) is 25.4 Å². The fraction of sp³-hybridized carbons (Fsp3) is 0.444. The van der Waals surface area contributed by atoms with E-state index in [1.54, 1.807) is 18.2 Å². The first kappa shape index (κ1) is 32.7. The molecule has 0 radical (unpaired) electrons. The van der Waals surface area contributed by atoms with Crippen LogP contribution in [-0.4, -0.2) is 91.0 Å². The molecule has 2 aromatic carbocycles. The SMILES string of the molecule is CC1(C)COC2(CN(c3cc(Cl)c(C(=O)N4COc5c(ccnc5-c5cc(N6C7CCC6COC7)c(C(=O)O)cc5F)C4)c(C#N)c3)C2)OC1. The summed E-state index contributed by atoms with van der Waals surface area (Å²) < 4.78 is 39.5. The summed E-state index contributed by atoms with van der Waals surface area (Å²) in [7, 11) is 0. The van der Waals surface area contributed by atoms with Crippen LogP contribution in [0.1, 0.15) is 58.5 Å². The molecule has 50 heavy (non-hydrogen) atoms. The molecule has 4 fully saturated rings. The van der Waals surface area contributed by atoms with Gasteiger partial charge >= 0.3 is 5.97 Å². The van der Waals surface area contributed by atoms with E-state index < -0.39 is 23.5 Å². The van der Waals surface area contributed by atoms with E-state index in [0.717, 1.165) is 18.9 Å². The lowest BCUT2D eigenvalue weighted by atomic mass is 9.93. The van der Waals surface area contributed by atoms with Crippen molar-refractivity contribution in [3.05, 3.63) is 69.6 Å². The van der Waals surface area contributed by atoms with Crippen LogP contribution in [0.4, 0.5) is 15.8 Å². The molecule has 5 aliphatic heterocycles. The molecule has 12 nitrogen and oxygen atoms in total. The standard InChI is InChI=1S/C36H35ClFN5O7/c1-35(2)17-49-36(50-18-35)15-42(16-36)24-7-21(11-39)30(27(37)8-24)33(44)41-12-20-5-6-40-31(32(20)48-19-41)25-10-29(26(34(45)46)9-28(25)38)43-22-3-4-23(43)14-47-13-22/h5-10,22-23H,3-4,12-19H2,1-2H3,(H,45,46). The molecule has 2 unspecified atom stereocenters. The Morgan fingerprint density at radius 1 is 1.10 bits per heavy atom. The minimum absolute atomic E-state index is 0.00655. The van der Waals surface area contributed by atoms with E-state index in [4.69, 9.17) is 30.5 Å². The Bertz CT molecular complexity index is 1930. The number of hydrogen-bond donors (Lipinski definition) is 1. The lowest BCUT2D eigenvalue weighted by molar-refractivity contribution is -0.307. The van der Waals surface area contributed by atoms with Crippen LogP contribution in [0.5, 0.6) is 5.75 Å². The van der Waals surface area contributed by atoms with Crippen molar-refractivity contribution in [2.45, 2.75) is 51.1 Å². The number of carboxylic acids is 1. The fourth-order valence-corrected chi connectivity index (χ4v) is 7.81. The summed E-state index contributed by atoms with van der Waals surface area (Å²) in [6, 6.07) is 9.66. The quantitative estimate of drug-likeness (QED) is 0.382. The number of aromatic nitrogens is 1. The van der Waals surface area contributed by atoms with Gasteiger partial charge in [-0.25, -0.2) is 9.18 Å². The number of nitriles is 1. The smallest absolute Gasteiger partial charge is 0.337 e. The molecular weight excluding hydrogens is 669 g/mol. The van der Waals surface area contributed by atoms with Crippen LogP contribution in [0, 0.1) is 22.6 Å². The summed E-state index contributed by atoms with van der Waals surface area (Å²) in [6.45, 7) is 7.09. The zero-order valence-corrected chi connectivity index (χ0v) is 28.3. The van der Waals surface area contributed by atoms with Crippen LogP contribution in [0.25, 0.3) is 11.3 Å². The molecule has 4 saturated heterocycles. The molecule has 2 bridgehead atoms. The summed E-state index contributed by atoms with van der Waals surface area (Å²) in [6.07, 6.45) is 3.20. The molecule has 1 N–H and O–H groups in total. The molecule has 2 atom stereocenters. The van der Waals surface area contributed by atoms with E-state index in [1.165, 1.54) is 17.2 Å². The normalized spacial score (nSPS) is 23.1. The molecule has 5 aliphatic rings. The zero-order chi connectivity index (χ0) is 34.9. The largest absolute Gasteiger partial charge is 0.478 e. The van der Waals surface area contributed by atoms with E-state index in [2.05, 4.69) is 24.9 Å². The van der Waals surface area contributed by atoms with Gasteiger partial charge in [-0.2, -0.15) is 5.26 Å². The number of benzene rings is 2. The minimum atomic E-state index is -1.22. The first-order valence-electron chi connectivity index (χ1n) is 16.6. The highest BCUT2D eigenvalue weighted by Crippen LogP contribution is 2.43. The maximum atomic E-state index is 15.7. The number of halogens is 2. The Labute approximate surface area is 292 Å². The number of carbonyl (C=O) groups excluding carboxylic acids is 1. The van der Waals surface area contributed by atoms with Crippen molar-refractivity contribution < 1.29 is 38.0 Å². The Morgan fingerprint density at radius 3 is 2.50 bits per heavy atom. The van der Waals surface area contributed by atoms with Gasteiger partial charge in [0.15, 0.2) is 12.5 Å². The van der Waals surface area contributed by atoms with Gasteiger partial charge in [0.25, 0.3) is 5.91 Å². The summed E-state index contributed by atoms with van der Waals surface area (Å²) in [5.74, 6) is -2.87. The van der Waals surface area contributed by atoms with Gasteiger partial charge in [0, 0.05) is 28.4 Å². The van der Waals surface area contributed by atoms with Gasteiger partial charge in [0.1, 0.15) is 17.6 Å². The number of pyridine rings is 1. The third-order valence-corrected chi connectivity index (χ3v) is 10.5. The highest BCUT2D eigenvalue weighted by molar-refractivity contribution is 6.34. The second-order valence-electron chi connectivity index (χ2n) is 14.4. The Kier molecular flexibility index (Phi) is 7.91. The molecule has 1 aromatic heterocycles. The van der Waals surface area contributed by atoms with Gasteiger partial charge in [0.2, 0.25) is 5.79 Å². The average molecular weight is 704 g/mol. The van der Waals surface area contributed by atoms with Crippen LogP contribution >= 0.6 is 11.6 Å². The Balaban J connectivity index is 1.04. The number of aromatic carboxylic acids is 1. The summed E-state index contributed by atoms with van der Waals surface area (Å²) >= 11 is 6.70. The summed E-state index contributed by atoms with van der Waals surface area (Å²) in [5, 5.41) is 20.2. The number of morpholine rings is 1. The summed E-state index contributed by atoms with van der Waals surface area (Å²) in [4.78, 5) is 36.0. The molecule has 14 heteroatoms. The van der Waals surface area contributed by atoms with Crippen molar-refractivity contribution in [1.29, 1.82) is 5.26 Å². The molecule has 0 saturated carbocycles. The van der Waals surface area contributed by atoms with E-state index >= 15 is 4.39 Å². The molecule has 0 aliphatic carbocycles. The number of ether oxygens (including phenoxy) is 4. The van der Waals surface area contributed by atoms with E-state index in [9.17, 15) is 20.0 Å². The van der Waals surface area contributed by atoms with Crippen molar-refractivity contribution in [1.82, 2.24) is 9.88 Å². The van der Waals surface area contributed by atoms with Crippen molar-refractivity contribution in [3.63, 3.8) is 0 Å². The monoisotopic (exact) mass is 703 g/mol. The molecule has 6 heterocycles. The van der Waals surface area contributed by atoms with E-state index in [-0.39, 0.29) is 63.7 Å². The number of anilines is 2. The maximum Gasteiger partial charge on any atom is 0.337 e. The van der Waals surface area contributed by atoms with Crippen LogP contribution in [-0.2, 0) is 20.8 Å². The predicted molar refractivity (Wildman–Crippen MR) is 179 cm³/mol.